The average molecular weight is 392 g/mol. The Morgan fingerprint density at radius 3 is 2.50 bits per heavy atom. The fourth-order valence-corrected chi connectivity index (χ4v) is 3.12. The summed E-state index contributed by atoms with van der Waals surface area (Å²) in [4.78, 5) is 29.8. The number of amides is 2. The van der Waals surface area contributed by atoms with Crippen LogP contribution in [-0.2, 0) is 11.0 Å². The maximum absolute atomic E-state index is 12.9. The van der Waals surface area contributed by atoms with E-state index in [-0.39, 0.29) is 34.8 Å². The number of alkyl halides is 3. The molecule has 1 aromatic carbocycles. The third kappa shape index (κ3) is 4.41. The zero-order valence-corrected chi connectivity index (χ0v) is 14.9. The molecule has 6 nitrogen and oxygen atoms in total. The van der Waals surface area contributed by atoms with E-state index >= 15 is 0 Å². The number of nitrogens with two attached hydrogens (primary N) is 1. The third-order valence-corrected chi connectivity index (χ3v) is 4.68. The molecular formula is C19H19F3N4O2. The Balaban J connectivity index is 1.79. The number of benzene rings is 1. The fraction of sp³-hybridized carbons (Fsp3) is 0.316. The smallest absolute Gasteiger partial charge is 0.369 e. The molecule has 0 unspecified atom stereocenters. The van der Waals surface area contributed by atoms with Gasteiger partial charge in [-0.25, -0.2) is 4.98 Å². The molecule has 0 aliphatic carbocycles. The number of nitrogens with one attached hydrogen (secondary N) is 1. The molecule has 28 heavy (non-hydrogen) atoms. The lowest BCUT2D eigenvalue weighted by Crippen LogP contribution is -2.41. The molecule has 1 aromatic heterocycles. The van der Waals surface area contributed by atoms with Crippen LogP contribution < -0.4 is 11.1 Å². The maximum Gasteiger partial charge on any atom is 0.416 e. The Kier molecular flexibility index (Phi) is 5.53. The first-order chi connectivity index (χ1) is 13.3. The van der Waals surface area contributed by atoms with Crippen LogP contribution in [0.15, 0.2) is 42.6 Å². The number of carbonyl (C=O) groups excluding carboxylic acids is 2. The molecule has 3 N–H and O–H groups in total. The highest BCUT2D eigenvalue weighted by Crippen LogP contribution is 2.31. The summed E-state index contributed by atoms with van der Waals surface area (Å²) in [5, 5.41) is 2.80. The van der Waals surface area contributed by atoms with Crippen LogP contribution >= 0.6 is 0 Å². The van der Waals surface area contributed by atoms with Gasteiger partial charge in [-0.1, -0.05) is 6.07 Å². The van der Waals surface area contributed by atoms with Crippen molar-refractivity contribution in [3.8, 4) is 0 Å². The van der Waals surface area contributed by atoms with Gasteiger partial charge in [0.2, 0.25) is 5.91 Å². The number of hydrogen-bond acceptors (Lipinski definition) is 4. The Bertz CT molecular complexity index is 877. The second-order valence-electron chi connectivity index (χ2n) is 6.57. The summed E-state index contributed by atoms with van der Waals surface area (Å²) in [5.74, 6) is -0.754. The van der Waals surface area contributed by atoms with E-state index in [1.807, 2.05) is 0 Å². The van der Waals surface area contributed by atoms with Crippen LogP contribution in [0, 0.1) is 5.92 Å². The van der Waals surface area contributed by atoms with E-state index in [0.29, 0.717) is 25.9 Å². The number of piperidine rings is 1. The number of carbonyl (C=O) groups is 2. The van der Waals surface area contributed by atoms with Gasteiger partial charge in [0, 0.05) is 30.9 Å². The van der Waals surface area contributed by atoms with Crippen molar-refractivity contribution in [1.29, 1.82) is 0 Å². The Hall–Kier alpha value is -3.10. The molecule has 0 atom stereocenters. The summed E-state index contributed by atoms with van der Waals surface area (Å²) in [5.41, 5.74) is 4.94. The van der Waals surface area contributed by atoms with Crippen LogP contribution in [0.5, 0.6) is 0 Å². The van der Waals surface area contributed by atoms with Gasteiger partial charge in [0.15, 0.2) is 0 Å². The number of likely N-dealkylation sites (tertiary alicyclic amines) is 1. The van der Waals surface area contributed by atoms with E-state index in [1.54, 1.807) is 17.0 Å². The predicted octanol–water partition coefficient (Wildman–Crippen LogP) is 3.18. The van der Waals surface area contributed by atoms with E-state index in [4.69, 9.17) is 5.73 Å². The lowest BCUT2D eigenvalue weighted by molar-refractivity contribution is -0.137. The first-order valence-corrected chi connectivity index (χ1v) is 8.73. The van der Waals surface area contributed by atoms with E-state index in [0.717, 1.165) is 12.1 Å². The quantitative estimate of drug-likeness (QED) is 0.837. The standard InChI is InChI=1S/C19H19F3N4O2/c20-19(21,22)13-3-1-4-14(11-13)25-17-15(5-2-8-24-17)18(28)26-9-6-12(7-10-26)16(23)27/h1-5,8,11-12H,6-7,9-10H2,(H2,23,27)(H,24,25). The number of primary amides is 1. The minimum atomic E-state index is -4.47. The minimum Gasteiger partial charge on any atom is -0.369 e. The summed E-state index contributed by atoms with van der Waals surface area (Å²) >= 11 is 0. The number of anilines is 2. The lowest BCUT2D eigenvalue weighted by atomic mass is 9.96. The van der Waals surface area contributed by atoms with E-state index in [2.05, 4.69) is 10.3 Å². The highest BCUT2D eigenvalue weighted by atomic mass is 19.4. The summed E-state index contributed by atoms with van der Waals surface area (Å²) in [6, 6.07) is 7.83. The third-order valence-electron chi connectivity index (χ3n) is 4.68. The number of rotatable bonds is 4. The van der Waals surface area contributed by atoms with Crippen molar-refractivity contribution in [2.45, 2.75) is 19.0 Å². The SMILES string of the molecule is NC(=O)C1CCN(C(=O)c2cccnc2Nc2cccc(C(F)(F)F)c2)CC1. The normalized spacial score (nSPS) is 15.3. The van der Waals surface area contributed by atoms with Gasteiger partial charge >= 0.3 is 6.18 Å². The van der Waals surface area contributed by atoms with Gasteiger partial charge in [0.1, 0.15) is 5.82 Å². The lowest BCUT2D eigenvalue weighted by Gasteiger charge is -2.31. The molecule has 1 aliphatic heterocycles. The monoisotopic (exact) mass is 392 g/mol. The molecule has 9 heteroatoms. The van der Waals surface area contributed by atoms with Crippen molar-refractivity contribution >= 4 is 23.3 Å². The van der Waals surface area contributed by atoms with Crippen molar-refractivity contribution in [2.24, 2.45) is 11.7 Å². The molecule has 2 heterocycles. The summed E-state index contributed by atoms with van der Waals surface area (Å²) in [6.07, 6.45) is -2.05. The maximum atomic E-state index is 12.9. The van der Waals surface area contributed by atoms with Crippen LogP contribution in [0.25, 0.3) is 0 Å². The van der Waals surface area contributed by atoms with Crippen molar-refractivity contribution in [1.82, 2.24) is 9.88 Å². The second kappa shape index (κ2) is 7.87. The highest BCUT2D eigenvalue weighted by molar-refractivity contribution is 5.99. The molecule has 0 spiro atoms. The van der Waals surface area contributed by atoms with Gasteiger partial charge < -0.3 is 16.0 Å². The molecule has 1 saturated heterocycles. The van der Waals surface area contributed by atoms with Crippen molar-refractivity contribution in [3.05, 3.63) is 53.7 Å². The van der Waals surface area contributed by atoms with Crippen LogP contribution in [0.4, 0.5) is 24.7 Å². The summed E-state index contributed by atoms with van der Waals surface area (Å²) < 4.78 is 38.7. The molecule has 3 rings (SSSR count). The molecule has 0 saturated carbocycles. The van der Waals surface area contributed by atoms with E-state index in [1.165, 1.54) is 18.3 Å². The highest BCUT2D eigenvalue weighted by Gasteiger charge is 2.31. The van der Waals surface area contributed by atoms with Crippen LogP contribution in [0.2, 0.25) is 0 Å². The molecule has 1 aliphatic rings. The topological polar surface area (TPSA) is 88.3 Å². The van der Waals surface area contributed by atoms with Gasteiger partial charge in [-0.3, -0.25) is 9.59 Å². The van der Waals surface area contributed by atoms with Crippen molar-refractivity contribution < 1.29 is 22.8 Å². The molecule has 0 radical (unpaired) electrons. The Labute approximate surface area is 159 Å². The first-order valence-electron chi connectivity index (χ1n) is 8.73. The molecule has 2 amide bonds. The number of halogens is 3. The van der Waals surface area contributed by atoms with Gasteiger partial charge in [0.05, 0.1) is 11.1 Å². The predicted molar refractivity (Wildman–Crippen MR) is 96.8 cm³/mol. The number of aromatic nitrogens is 1. The largest absolute Gasteiger partial charge is 0.416 e. The molecule has 0 bridgehead atoms. The van der Waals surface area contributed by atoms with Crippen LogP contribution in [0.1, 0.15) is 28.8 Å². The van der Waals surface area contributed by atoms with Gasteiger partial charge in [-0.05, 0) is 43.2 Å². The molecular weight excluding hydrogens is 373 g/mol. The molecule has 2 aromatic rings. The van der Waals surface area contributed by atoms with E-state index in [9.17, 15) is 22.8 Å². The molecule has 148 valence electrons. The van der Waals surface area contributed by atoms with Crippen LogP contribution in [-0.4, -0.2) is 34.8 Å². The number of pyridine rings is 1. The first kappa shape index (κ1) is 19.7. The van der Waals surface area contributed by atoms with Gasteiger partial charge in [-0.2, -0.15) is 13.2 Å². The van der Waals surface area contributed by atoms with E-state index < -0.39 is 11.7 Å². The zero-order chi connectivity index (χ0) is 20.3. The van der Waals surface area contributed by atoms with Gasteiger partial charge in [-0.15, -0.1) is 0 Å². The Morgan fingerprint density at radius 1 is 1.14 bits per heavy atom. The Morgan fingerprint density at radius 2 is 1.86 bits per heavy atom. The van der Waals surface area contributed by atoms with Crippen molar-refractivity contribution in [3.63, 3.8) is 0 Å². The second-order valence-corrected chi connectivity index (χ2v) is 6.57. The van der Waals surface area contributed by atoms with Crippen LogP contribution in [0.3, 0.4) is 0 Å². The number of nitrogens with zero attached hydrogens (tertiary/aromatic N) is 2. The number of hydrogen-bond donors (Lipinski definition) is 2. The zero-order valence-electron chi connectivity index (χ0n) is 14.9. The van der Waals surface area contributed by atoms with Crippen molar-refractivity contribution in [2.75, 3.05) is 18.4 Å². The fourth-order valence-electron chi connectivity index (χ4n) is 3.12. The van der Waals surface area contributed by atoms with Gasteiger partial charge in [0.25, 0.3) is 5.91 Å². The summed E-state index contributed by atoms with van der Waals surface area (Å²) in [6.45, 7) is 0.759. The average Bonchev–Trinajstić information content (AvgIpc) is 2.67. The minimum absolute atomic E-state index is 0.170. The molecule has 1 fully saturated rings. The summed E-state index contributed by atoms with van der Waals surface area (Å²) in [7, 11) is 0.